The molecule has 1 heterocycles. The average molecular weight is 254 g/mol. The number of benzene rings is 2. The maximum absolute atomic E-state index is 9.22. The van der Waals surface area contributed by atoms with E-state index in [0.29, 0.717) is 11.7 Å². The Kier molecular flexibility index (Phi) is 2.64. The van der Waals surface area contributed by atoms with Crippen molar-refractivity contribution >= 4 is 0 Å². The van der Waals surface area contributed by atoms with Crippen LogP contribution in [0.2, 0.25) is 0 Å². The van der Waals surface area contributed by atoms with Crippen molar-refractivity contribution < 1.29 is 14.7 Å². The van der Waals surface area contributed by atoms with Crippen molar-refractivity contribution in [1.29, 1.82) is 0 Å². The fraction of sp³-hybridized carbons (Fsp3) is 0. The van der Waals surface area contributed by atoms with Gasteiger partial charge in [-0.2, -0.15) is 4.98 Å². The summed E-state index contributed by atoms with van der Waals surface area (Å²) in [5, 5.41) is 22.3. The zero-order valence-corrected chi connectivity index (χ0v) is 9.82. The van der Waals surface area contributed by atoms with Crippen LogP contribution in [0.3, 0.4) is 0 Å². The van der Waals surface area contributed by atoms with Crippen LogP contribution >= 0.6 is 0 Å². The first-order valence-corrected chi connectivity index (χ1v) is 5.65. The number of aromatic nitrogens is 2. The summed E-state index contributed by atoms with van der Waals surface area (Å²) in [5.74, 6) is 1.19. The van der Waals surface area contributed by atoms with E-state index in [1.54, 1.807) is 48.5 Å². The molecule has 3 rings (SSSR count). The van der Waals surface area contributed by atoms with E-state index < -0.39 is 0 Å². The zero-order chi connectivity index (χ0) is 13.2. The number of aromatic hydroxyl groups is 2. The first-order valence-electron chi connectivity index (χ1n) is 5.65. The molecular weight excluding hydrogens is 244 g/mol. The van der Waals surface area contributed by atoms with Gasteiger partial charge in [0.15, 0.2) is 0 Å². The number of nitrogens with zero attached hydrogens (tertiary/aromatic N) is 2. The molecular formula is C14H10N2O3. The van der Waals surface area contributed by atoms with Crippen molar-refractivity contribution in [3.8, 4) is 34.3 Å². The number of phenols is 2. The van der Waals surface area contributed by atoms with E-state index >= 15 is 0 Å². The Morgan fingerprint density at radius 2 is 1.26 bits per heavy atom. The Hall–Kier alpha value is -2.82. The molecule has 2 N–H and O–H groups in total. The maximum Gasteiger partial charge on any atom is 0.258 e. The highest BCUT2D eigenvalue weighted by atomic mass is 16.5. The van der Waals surface area contributed by atoms with Gasteiger partial charge in [0, 0.05) is 11.1 Å². The summed E-state index contributed by atoms with van der Waals surface area (Å²) in [6.07, 6.45) is 0. The highest BCUT2D eigenvalue weighted by molar-refractivity contribution is 5.60. The second-order valence-electron chi connectivity index (χ2n) is 4.02. The number of phenolic OH excluding ortho intramolecular Hbond substituents is 2. The van der Waals surface area contributed by atoms with Gasteiger partial charge in [0.2, 0.25) is 5.82 Å². The molecule has 5 nitrogen and oxygen atoms in total. The molecule has 2 aromatic carbocycles. The summed E-state index contributed by atoms with van der Waals surface area (Å²) in [4.78, 5) is 4.27. The maximum atomic E-state index is 9.22. The van der Waals surface area contributed by atoms with Crippen molar-refractivity contribution in [2.75, 3.05) is 0 Å². The standard InChI is InChI=1S/C14H10N2O3/c17-11-5-1-9(2-6-11)13-15-14(19-16-13)10-3-7-12(18)8-4-10/h1-8,17-18H. The largest absolute Gasteiger partial charge is 0.508 e. The van der Waals surface area contributed by atoms with Crippen molar-refractivity contribution in [2.24, 2.45) is 0 Å². The van der Waals surface area contributed by atoms with Gasteiger partial charge in [-0.3, -0.25) is 0 Å². The molecule has 3 aromatic rings. The van der Waals surface area contributed by atoms with Crippen LogP contribution in [0, 0.1) is 0 Å². The van der Waals surface area contributed by atoms with Gasteiger partial charge in [0.1, 0.15) is 11.5 Å². The Labute approximate surface area is 108 Å². The van der Waals surface area contributed by atoms with Crippen LogP contribution in [0.4, 0.5) is 0 Å². The molecule has 0 unspecified atom stereocenters. The van der Waals surface area contributed by atoms with Crippen molar-refractivity contribution in [3.05, 3.63) is 48.5 Å². The lowest BCUT2D eigenvalue weighted by atomic mass is 10.2. The fourth-order valence-corrected chi connectivity index (χ4v) is 1.67. The summed E-state index contributed by atoms with van der Waals surface area (Å²) in [6.45, 7) is 0. The van der Waals surface area contributed by atoms with Gasteiger partial charge in [0.25, 0.3) is 5.89 Å². The van der Waals surface area contributed by atoms with Crippen molar-refractivity contribution in [3.63, 3.8) is 0 Å². The normalized spacial score (nSPS) is 10.5. The van der Waals surface area contributed by atoms with Gasteiger partial charge in [-0.05, 0) is 48.5 Å². The van der Waals surface area contributed by atoms with Crippen LogP contribution in [-0.2, 0) is 0 Å². The summed E-state index contributed by atoms with van der Waals surface area (Å²) in [6, 6.07) is 13.0. The second-order valence-corrected chi connectivity index (χ2v) is 4.02. The fourth-order valence-electron chi connectivity index (χ4n) is 1.67. The van der Waals surface area contributed by atoms with E-state index in [4.69, 9.17) is 4.52 Å². The summed E-state index contributed by atoms with van der Waals surface area (Å²) < 4.78 is 5.17. The molecule has 0 aliphatic heterocycles. The highest BCUT2D eigenvalue weighted by Gasteiger charge is 2.10. The molecule has 0 saturated heterocycles. The number of hydrogen-bond donors (Lipinski definition) is 2. The lowest BCUT2D eigenvalue weighted by Crippen LogP contribution is -1.80. The SMILES string of the molecule is Oc1ccc(-c2noc(-c3ccc(O)cc3)n2)cc1. The molecule has 0 radical (unpaired) electrons. The van der Waals surface area contributed by atoms with Crippen LogP contribution in [0.5, 0.6) is 11.5 Å². The molecule has 0 atom stereocenters. The minimum atomic E-state index is 0.182. The molecule has 0 fully saturated rings. The lowest BCUT2D eigenvalue weighted by molar-refractivity contribution is 0.432. The Bertz CT molecular complexity index is 627. The van der Waals surface area contributed by atoms with Gasteiger partial charge >= 0.3 is 0 Å². The predicted molar refractivity (Wildman–Crippen MR) is 68.5 cm³/mol. The third kappa shape index (κ3) is 2.26. The molecule has 0 aliphatic carbocycles. The first-order chi connectivity index (χ1) is 9.22. The predicted octanol–water partition coefficient (Wildman–Crippen LogP) is 2.81. The third-order valence-corrected chi connectivity index (χ3v) is 2.67. The molecule has 0 amide bonds. The number of rotatable bonds is 2. The topological polar surface area (TPSA) is 79.4 Å². The smallest absolute Gasteiger partial charge is 0.258 e. The van der Waals surface area contributed by atoms with E-state index in [1.807, 2.05) is 0 Å². The summed E-state index contributed by atoms with van der Waals surface area (Å²) >= 11 is 0. The van der Waals surface area contributed by atoms with Crippen LogP contribution in [-0.4, -0.2) is 20.4 Å². The average Bonchev–Trinajstić information content (AvgIpc) is 2.90. The quantitative estimate of drug-likeness (QED) is 0.735. The van der Waals surface area contributed by atoms with E-state index in [1.165, 1.54) is 0 Å². The summed E-state index contributed by atoms with van der Waals surface area (Å²) in [7, 11) is 0. The van der Waals surface area contributed by atoms with E-state index in [2.05, 4.69) is 10.1 Å². The van der Waals surface area contributed by atoms with Gasteiger partial charge in [-0.25, -0.2) is 0 Å². The molecule has 0 aliphatic rings. The van der Waals surface area contributed by atoms with Gasteiger partial charge in [0.05, 0.1) is 0 Å². The van der Waals surface area contributed by atoms with E-state index in [0.717, 1.165) is 11.1 Å². The summed E-state index contributed by atoms with van der Waals surface area (Å²) in [5.41, 5.74) is 1.49. The van der Waals surface area contributed by atoms with Crippen LogP contribution in [0.15, 0.2) is 53.1 Å². The molecule has 0 spiro atoms. The molecule has 5 heteroatoms. The third-order valence-electron chi connectivity index (χ3n) is 2.67. The monoisotopic (exact) mass is 254 g/mol. The second kappa shape index (κ2) is 4.45. The highest BCUT2D eigenvalue weighted by Crippen LogP contribution is 2.24. The van der Waals surface area contributed by atoms with Crippen LogP contribution < -0.4 is 0 Å². The Balaban J connectivity index is 1.95. The molecule has 0 bridgehead atoms. The molecule has 1 aromatic heterocycles. The zero-order valence-electron chi connectivity index (χ0n) is 9.82. The van der Waals surface area contributed by atoms with E-state index in [-0.39, 0.29) is 11.5 Å². The molecule has 0 saturated carbocycles. The molecule has 19 heavy (non-hydrogen) atoms. The number of hydrogen-bond acceptors (Lipinski definition) is 5. The van der Waals surface area contributed by atoms with Crippen LogP contribution in [0.25, 0.3) is 22.8 Å². The van der Waals surface area contributed by atoms with E-state index in [9.17, 15) is 10.2 Å². The minimum absolute atomic E-state index is 0.182. The Morgan fingerprint density at radius 1 is 0.737 bits per heavy atom. The van der Waals surface area contributed by atoms with Gasteiger partial charge < -0.3 is 14.7 Å². The van der Waals surface area contributed by atoms with Crippen LogP contribution in [0.1, 0.15) is 0 Å². The first kappa shape index (κ1) is 11.3. The minimum Gasteiger partial charge on any atom is -0.508 e. The van der Waals surface area contributed by atoms with Gasteiger partial charge in [-0.1, -0.05) is 5.16 Å². The lowest BCUT2D eigenvalue weighted by Gasteiger charge is -1.94. The van der Waals surface area contributed by atoms with Crippen molar-refractivity contribution in [2.45, 2.75) is 0 Å². The molecule has 94 valence electrons. The van der Waals surface area contributed by atoms with Gasteiger partial charge in [-0.15, -0.1) is 0 Å². The Morgan fingerprint density at radius 3 is 1.84 bits per heavy atom. The van der Waals surface area contributed by atoms with Crippen molar-refractivity contribution in [1.82, 2.24) is 10.1 Å².